The summed E-state index contributed by atoms with van der Waals surface area (Å²) in [4.78, 5) is 0. The Morgan fingerprint density at radius 2 is 1.90 bits per heavy atom. The Balaban J connectivity index is 1.72. The number of nitrogen functional groups attached to an aromatic ring is 1. The Bertz CT molecular complexity index is 976. The molecule has 2 aromatic rings. The van der Waals surface area contributed by atoms with Crippen molar-refractivity contribution in [1.82, 2.24) is 14.5 Å². The average Bonchev–Trinajstić information content (AvgIpc) is 2.67. The maximum atomic E-state index is 12.6. The molecule has 0 spiro atoms. The van der Waals surface area contributed by atoms with Gasteiger partial charge in [0.05, 0.1) is 15.4 Å². The van der Waals surface area contributed by atoms with Crippen molar-refractivity contribution in [2.45, 2.75) is 51.6 Å². The summed E-state index contributed by atoms with van der Waals surface area (Å²) < 4.78 is 14.6. The van der Waals surface area contributed by atoms with E-state index in [4.69, 9.17) is 5.73 Å². The Hall–Kier alpha value is -2.16. The van der Waals surface area contributed by atoms with Crippen LogP contribution in [-0.2, 0) is 16.1 Å². The third-order valence-electron chi connectivity index (χ3n) is 5.74. The number of para-hydroxylation sites is 1. The predicted molar refractivity (Wildman–Crippen MR) is 118 cm³/mol. The number of piperidine rings is 1. The highest BCUT2D eigenvalue weighted by molar-refractivity contribution is 7.98. The SMILES string of the molecule is CC1CC(CCc2cc(-c3ccccc3O)nnc2N)C[C@@H](C)N1S(C)(=O)=CO. The summed E-state index contributed by atoms with van der Waals surface area (Å²) in [6, 6.07) is 9.18. The average molecular weight is 419 g/mol. The Labute approximate surface area is 172 Å². The molecule has 29 heavy (non-hydrogen) atoms. The van der Waals surface area contributed by atoms with Crippen LogP contribution in [-0.4, -0.2) is 52.8 Å². The molecule has 3 unspecified atom stereocenters. The zero-order valence-electron chi connectivity index (χ0n) is 17.2. The topological polar surface area (TPSA) is 113 Å². The highest BCUT2D eigenvalue weighted by Gasteiger charge is 2.34. The van der Waals surface area contributed by atoms with E-state index in [-0.39, 0.29) is 17.8 Å². The first-order valence-corrected chi connectivity index (χ1v) is 11.9. The van der Waals surface area contributed by atoms with Crippen molar-refractivity contribution in [2.24, 2.45) is 5.92 Å². The molecule has 1 aromatic heterocycles. The molecule has 0 saturated carbocycles. The van der Waals surface area contributed by atoms with Gasteiger partial charge in [-0.2, -0.15) is 0 Å². The van der Waals surface area contributed by atoms with Crippen LogP contribution in [0.4, 0.5) is 5.82 Å². The van der Waals surface area contributed by atoms with Gasteiger partial charge in [0.1, 0.15) is 17.1 Å². The Morgan fingerprint density at radius 3 is 2.52 bits per heavy atom. The molecule has 1 aliphatic heterocycles. The van der Waals surface area contributed by atoms with Crippen LogP contribution in [0.25, 0.3) is 11.3 Å². The van der Waals surface area contributed by atoms with Gasteiger partial charge in [-0.3, -0.25) is 4.21 Å². The minimum Gasteiger partial charge on any atom is -0.507 e. The van der Waals surface area contributed by atoms with Gasteiger partial charge in [-0.15, -0.1) is 10.2 Å². The van der Waals surface area contributed by atoms with Crippen LogP contribution in [0.5, 0.6) is 5.75 Å². The van der Waals surface area contributed by atoms with Crippen molar-refractivity contribution in [3.05, 3.63) is 35.9 Å². The molecule has 8 heteroatoms. The van der Waals surface area contributed by atoms with Crippen molar-refractivity contribution < 1.29 is 14.4 Å². The molecule has 4 atom stereocenters. The number of phenolic OH excluding ortho intramolecular Hbond substituents is 1. The van der Waals surface area contributed by atoms with Crippen LogP contribution < -0.4 is 5.73 Å². The van der Waals surface area contributed by atoms with E-state index in [1.54, 1.807) is 24.5 Å². The van der Waals surface area contributed by atoms with E-state index in [0.29, 0.717) is 23.0 Å². The lowest BCUT2D eigenvalue weighted by Crippen LogP contribution is -2.49. The van der Waals surface area contributed by atoms with Crippen LogP contribution >= 0.6 is 0 Å². The van der Waals surface area contributed by atoms with Gasteiger partial charge in [0.15, 0.2) is 0 Å². The van der Waals surface area contributed by atoms with Gasteiger partial charge in [-0.25, -0.2) is 4.31 Å². The minimum absolute atomic E-state index is 0.120. The summed E-state index contributed by atoms with van der Waals surface area (Å²) in [6.45, 7) is 4.13. The van der Waals surface area contributed by atoms with Crippen molar-refractivity contribution in [1.29, 1.82) is 0 Å². The number of anilines is 1. The van der Waals surface area contributed by atoms with E-state index in [2.05, 4.69) is 24.0 Å². The number of aliphatic hydroxyl groups is 1. The fourth-order valence-corrected chi connectivity index (χ4v) is 6.24. The maximum Gasteiger partial charge on any atom is 0.149 e. The molecular weight excluding hydrogens is 388 g/mol. The van der Waals surface area contributed by atoms with E-state index >= 15 is 0 Å². The summed E-state index contributed by atoms with van der Waals surface area (Å²) in [5.74, 6) is 1.04. The second-order valence-corrected chi connectivity index (χ2v) is 10.4. The number of aliphatic hydroxyl groups excluding tert-OH is 1. The highest BCUT2D eigenvalue weighted by Crippen LogP contribution is 2.34. The number of aromatic nitrogens is 2. The lowest BCUT2D eigenvalue weighted by molar-refractivity contribution is 0.154. The minimum atomic E-state index is -2.51. The molecule has 158 valence electrons. The van der Waals surface area contributed by atoms with Crippen molar-refractivity contribution in [3.8, 4) is 17.0 Å². The summed E-state index contributed by atoms with van der Waals surface area (Å²) in [5.41, 5.74) is 9.06. The number of benzene rings is 1. The van der Waals surface area contributed by atoms with E-state index < -0.39 is 9.71 Å². The van der Waals surface area contributed by atoms with Crippen LogP contribution in [0, 0.1) is 5.92 Å². The highest BCUT2D eigenvalue weighted by atomic mass is 32.2. The van der Waals surface area contributed by atoms with Crippen LogP contribution in [0.15, 0.2) is 30.3 Å². The third kappa shape index (κ3) is 4.71. The molecule has 1 aliphatic rings. The van der Waals surface area contributed by atoms with E-state index in [9.17, 15) is 14.4 Å². The number of nitrogens with two attached hydrogens (primary N) is 1. The van der Waals surface area contributed by atoms with E-state index in [0.717, 1.165) is 36.8 Å². The fraction of sp³-hybridized carbons (Fsp3) is 0.476. The molecule has 4 N–H and O–H groups in total. The predicted octanol–water partition coefficient (Wildman–Crippen LogP) is 3.00. The van der Waals surface area contributed by atoms with Gasteiger partial charge < -0.3 is 15.9 Å². The van der Waals surface area contributed by atoms with E-state index in [1.807, 2.05) is 16.4 Å². The zero-order chi connectivity index (χ0) is 21.2. The van der Waals surface area contributed by atoms with Crippen molar-refractivity contribution in [2.75, 3.05) is 12.0 Å². The number of nitrogens with zero attached hydrogens (tertiary/aromatic N) is 3. The Kier molecular flexibility index (Phi) is 6.45. The monoisotopic (exact) mass is 418 g/mol. The summed E-state index contributed by atoms with van der Waals surface area (Å²) in [5, 5.41) is 27.7. The van der Waals surface area contributed by atoms with Gasteiger partial charge in [-0.1, -0.05) is 12.1 Å². The number of hydrogen-bond acceptors (Lipinski definition) is 5. The number of phenols is 1. The molecule has 0 aliphatic carbocycles. The summed E-state index contributed by atoms with van der Waals surface area (Å²) in [7, 11) is -2.51. The van der Waals surface area contributed by atoms with Crippen molar-refractivity contribution in [3.63, 3.8) is 0 Å². The normalized spacial score (nSPS) is 24.8. The molecule has 0 bridgehead atoms. The molecule has 1 fully saturated rings. The first-order valence-electron chi connectivity index (χ1n) is 9.88. The fourth-order valence-electron chi connectivity index (χ4n) is 4.53. The van der Waals surface area contributed by atoms with Gasteiger partial charge in [0.2, 0.25) is 0 Å². The molecule has 7 nitrogen and oxygen atoms in total. The lowest BCUT2D eigenvalue weighted by Gasteiger charge is -2.43. The van der Waals surface area contributed by atoms with Crippen LogP contribution in [0.1, 0.15) is 38.7 Å². The van der Waals surface area contributed by atoms with Gasteiger partial charge >= 0.3 is 0 Å². The second kappa shape index (κ2) is 8.69. The van der Waals surface area contributed by atoms with E-state index in [1.165, 1.54) is 0 Å². The molecule has 0 amide bonds. The number of aromatic hydroxyl groups is 1. The lowest BCUT2D eigenvalue weighted by atomic mass is 9.85. The molecule has 2 heterocycles. The second-order valence-electron chi connectivity index (χ2n) is 8.06. The standard InChI is InChI=1S/C21H30N4O3S/c1-14-10-16(11-15(2)25(14)29(3,28)13-26)8-9-17-12-19(23-24-21(17)22)18-6-4-5-7-20(18)27/h4-7,12-16,26-27H,8-11H2,1-3H3,(H2,22,24)/t14-,15?,16?,29?/m1/s1. The smallest absolute Gasteiger partial charge is 0.149 e. The first kappa shape index (κ1) is 21.5. The zero-order valence-corrected chi connectivity index (χ0v) is 18.0. The number of hydrogen-bond donors (Lipinski definition) is 3. The van der Waals surface area contributed by atoms with Gasteiger partial charge in [0.25, 0.3) is 0 Å². The largest absolute Gasteiger partial charge is 0.507 e. The third-order valence-corrected chi connectivity index (χ3v) is 7.69. The van der Waals surface area contributed by atoms with Crippen molar-refractivity contribution >= 4 is 21.1 Å². The Morgan fingerprint density at radius 1 is 1.24 bits per heavy atom. The first-order chi connectivity index (χ1) is 13.7. The molecule has 1 saturated heterocycles. The number of rotatable bonds is 5. The summed E-state index contributed by atoms with van der Waals surface area (Å²) >= 11 is 0. The molecule has 1 aromatic carbocycles. The molecular formula is C21H30N4O3S. The van der Waals surface area contributed by atoms with Crippen LogP contribution in [0.2, 0.25) is 0 Å². The van der Waals surface area contributed by atoms with Gasteiger partial charge in [0, 0.05) is 23.9 Å². The quantitative estimate of drug-likeness (QED) is 0.644. The van der Waals surface area contributed by atoms with Gasteiger partial charge in [-0.05, 0) is 69.2 Å². The van der Waals surface area contributed by atoms with Crippen LogP contribution in [0.3, 0.4) is 0 Å². The summed E-state index contributed by atoms with van der Waals surface area (Å²) in [6.07, 6.45) is 5.11. The molecule has 3 rings (SSSR count). The number of aryl methyl sites for hydroxylation is 1. The molecule has 0 radical (unpaired) electrons. The maximum absolute atomic E-state index is 12.6.